The molecular weight excluding hydrogens is 352 g/mol. The monoisotopic (exact) mass is 372 g/mol. The number of halogens is 1. The Balaban J connectivity index is 1.92. The first-order valence-electron chi connectivity index (χ1n) is 8.35. The number of hydrogen-bond acceptors (Lipinski definition) is 3. The van der Waals surface area contributed by atoms with Crippen molar-refractivity contribution in [3.63, 3.8) is 0 Å². The summed E-state index contributed by atoms with van der Waals surface area (Å²) in [4.78, 5) is 25.7. The summed E-state index contributed by atoms with van der Waals surface area (Å²) >= 11 is 5.99. The van der Waals surface area contributed by atoms with Crippen molar-refractivity contribution in [2.45, 2.75) is 19.4 Å². The largest absolute Gasteiger partial charge is 0.350 e. The fraction of sp³-hybridized carbons (Fsp3) is 0.316. The summed E-state index contributed by atoms with van der Waals surface area (Å²) in [6, 6.07) is 11.1. The average Bonchev–Trinajstić information content (AvgIpc) is 3.21. The molecule has 1 atom stereocenters. The van der Waals surface area contributed by atoms with Gasteiger partial charge in [0.1, 0.15) is 6.54 Å². The van der Waals surface area contributed by atoms with E-state index in [-0.39, 0.29) is 24.4 Å². The molecule has 0 fully saturated rings. The van der Waals surface area contributed by atoms with Crippen LogP contribution in [0.2, 0.25) is 5.02 Å². The minimum atomic E-state index is -0.218. The number of benzene rings is 1. The topological polar surface area (TPSA) is 57.9 Å². The highest BCUT2D eigenvalue weighted by Crippen LogP contribution is 2.33. The predicted octanol–water partition coefficient (Wildman–Crippen LogP) is 2.83. The molecule has 2 aromatic rings. The van der Waals surface area contributed by atoms with Crippen LogP contribution in [0.4, 0.5) is 0 Å². The van der Waals surface area contributed by atoms with E-state index in [0.717, 1.165) is 17.0 Å². The van der Waals surface area contributed by atoms with Crippen LogP contribution in [0.3, 0.4) is 0 Å². The minimum Gasteiger partial charge on any atom is -0.350 e. The SMILES string of the molecule is CC(=O)N(C)CC(=O)N1N=C(c2cccn2C)C[C@H]1c1ccc(Cl)cc1. The highest BCUT2D eigenvalue weighted by atomic mass is 35.5. The molecule has 0 spiro atoms. The Labute approximate surface area is 157 Å². The highest BCUT2D eigenvalue weighted by Gasteiger charge is 2.34. The maximum absolute atomic E-state index is 12.8. The smallest absolute Gasteiger partial charge is 0.262 e. The number of carbonyl (C=O) groups excluding carboxylic acids is 2. The lowest BCUT2D eigenvalue weighted by molar-refractivity contribution is -0.139. The first-order chi connectivity index (χ1) is 12.4. The summed E-state index contributed by atoms with van der Waals surface area (Å²) in [6.45, 7) is 1.43. The standard InChI is InChI=1S/C19H21ClN4O2/c1-13(25)23(3)12-19(26)24-18(14-6-8-15(20)9-7-14)11-16(21-24)17-5-4-10-22(17)2/h4-10,18H,11-12H2,1-3H3/t18-/m0/s1. The van der Waals surface area contributed by atoms with Crippen LogP contribution in [0.25, 0.3) is 0 Å². The van der Waals surface area contributed by atoms with E-state index in [4.69, 9.17) is 11.6 Å². The van der Waals surface area contributed by atoms with Crippen molar-refractivity contribution < 1.29 is 9.59 Å². The molecule has 2 amide bonds. The number of amides is 2. The van der Waals surface area contributed by atoms with Gasteiger partial charge in [0, 0.05) is 38.7 Å². The van der Waals surface area contributed by atoms with Crippen LogP contribution in [0.1, 0.15) is 30.6 Å². The number of aromatic nitrogens is 1. The van der Waals surface area contributed by atoms with Crippen molar-refractivity contribution in [2.75, 3.05) is 13.6 Å². The Morgan fingerprint density at radius 1 is 1.27 bits per heavy atom. The van der Waals surface area contributed by atoms with Crippen molar-refractivity contribution in [1.82, 2.24) is 14.5 Å². The van der Waals surface area contributed by atoms with Crippen molar-refractivity contribution in [2.24, 2.45) is 12.1 Å². The van der Waals surface area contributed by atoms with Gasteiger partial charge in [0.15, 0.2) is 0 Å². The second kappa shape index (κ2) is 7.33. The lowest BCUT2D eigenvalue weighted by Gasteiger charge is -2.24. The molecule has 0 N–H and O–H groups in total. The van der Waals surface area contributed by atoms with E-state index in [1.807, 2.05) is 54.2 Å². The van der Waals surface area contributed by atoms with Gasteiger partial charge in [-0.15, -0.1) is 0 Å². The minimum absolute atomic E-state index is 0.0106. The van der Waals surface area contributed by atoms with Crippen molar-refractivity contribution in [3.8, 4) is 0 Å². The molecule has 7 heteroatoms. The van der Waals surface area contributed by atoms with Crippen molar-refractivity contribution in [3.05, 3.63) is 58.9 Å². The Morgan fingerprint density at radius 2 is 1.96 bits per heavy atom. The van der Waals surface area contributed by atoms with E-state index in [2.05, 4.69) is 5.10 Å². The fourth-order valence-corrected chi connectivity index (χ4v) is 3.11. The third kappa shape index (κ3) is 3.65. The molecule has 3 rings (SSSR count). The Bertz CT molecular complexity index is 857. The number of carbonyl (C=O) groups is 2. The molecule has 2 heterocycles. The third-order valence-electron chi connectivity index (χ3n) is 4.57. The lowest BCUT2D eigenvalue weighted by Crippen LogP contribution is -2.38. The molecule has 0 saturated carbocycles. The average molecular weight is 373 g/mol. The summed E-state index contributed by atoms with van der Waals surface area (Å²) < 4.78 is 1.98. The van der Waals surface area contributed by atoms with E-state index in [9.17, 15) is 9.59 Å². The van der Waals surface area contributed by atoms with E-state index in [1.54, 1.807) is 7.05 Å². The second-order valence-corrected chi connectivity index (χ2v) is 6.87. The molecule has 26 heavy (non-hydrogen) atoms. The normalized spacial score (nSPS) is 16.5. The highest BCUT2D eigenvalue weighted by molar-refractivity contribution is 6.30. The van der Waals surface area contributed by atoms with Gasteiger partial charge in [-0.05, 0) is 29.8 Å². The molecule has 136 valence electrons. The van der Waals surface area contributed by atoms with Crippen LogP contribution < -0.4 is 0 Å². The number of likely N-dealkylation sites (N-methyl/N-ethyl adjacent to an activating group) is 1. The molecule has 0 radical (unpaired) electrons. The van der Waals surface area contributed by atoms with Crippen molar-refractivity contribution in [1.29, 1.82) is 0 Å². The molecule has 0 bridgehead atoms. The van der Waals surface area contributed by atoms with Crippen LogP contribution in [-0.4, -0.2) is 45.6 Å². The fourth-order valence-electron chi connectivity index (χ4n) is 2.99. The van der Waals surface area contributed by atoms with Gasteiger partial charge in [0.25, 0.3) is 5.91 Å². The van der Waals surface area contributed by atoms with Gasteiger partial charge in [0.2, 0.25) is 5.91 Å². The first kappa shape index (κ1) is 18.2. The Morgan fingerprint density at radius 3 is 2.54 bits per heavy atom. The second-order valence-electron chi connectivity index (χ2n) is 6.44. The van der Waals surface area contributed by atoms with E-state index >= 15 is 0 Å². The van der Waals surface area contributed by atoms with Gasteiger partial charge in [-0.25, -0.2) is 5.01 Å². The van der Waals surface area contributed by atoms with Gasteiger partial charge >= 0.3 is 0 Å². The van der Waals surface area contributed by atoms with E-state index in [1.165, 1.54) is 16.8 Å². The predicted molar refractivity (Wildman–Crippen MR) is 101 cm³/mol. The Kier molecular flexibility index (Phi) is 5.13. The first-order valence-corrected chi connectivity index (χ1v) is 8.73. The van der Waals surface area contributed by atoms with Crippen LogP contribution in [0.5, 0.6) is 0 Å². The Hall–Kier alpha value is -2.60. The quantitative estimate of drug-likeness (QED) is 0.828. The zero-order valence-corrected chi connectivity index (χ0v) is 15.8. The van der Waals surface area contributed by atoms with Crippen LogP contribution in [0.15, 0.2) is 47.7 Å². The summed E-state index contributed by atoms with van der Waals surface area (Å²) in [5, 5.41) is 6.73. The lowest BCUT2D eigenvalue weighted by atomic mass is 10.0. The zero-order chi connectivity index (χ0) is 18.8. The molecule has 6 nitrogen and oxygen atoms in total. The van der Waals surface area contributed by atoms with Gasteiger partial charge in [-0.1, -0.05) is 23.7 Å². The molecule has 1 aliphatic rings. The van der Waals surface area contributed by atoms with Gasteiger partial charge in [-0.3, -0.25) is 9.59 Å². The van der Waals surface area contributed by atoms with Gasteiger partial charge in [-0.2, -0.15) is 5.10 Å². The van der Waals surface area contributed by atoms with Crippen LogP contribution >= 0.6 is 11.6 Å². The summed E-state index contributed by atoms with van der Waals surface area (Å²) in [5.74, 6) is -0.376. The number of hydrazone groups is 1. The number of hydrogen-bond donors (Lipinski definition) is 0. The summed E-state index contributed by atoms with van der Waals surface area (Å²) in [5.41, 5.74) is 2.77. The number of aryl methyl sites for hydroxylation is 1. The van der Waals surface area contributed by atoms with Crippen molar-refractivity contribution >= 4 is 29.1 Å². The molecular formula is C19H21ClN4O2. The van der Waals surface area contributed by atoms with Gasteiger partial charge in [0.05, 0.1) is 17.4 Å². The molecule has 0 saturated heterocycles. The molecule has 1 aliphatic heterocycles. The molecule has 1 aromatic carbocycles. The van der Waals surface area contributed by atoms with Crippen LogP contribution in [-0.2, 0) is 16.6 Å². The van der Waals surface area contributed by atoms with Gasteiger partial charge < -0.3 is 9.47 Å². The zero-order valence-electron chi connectivity index (χ0n) is 15.0. The number of rotatable bonds is 4. The molecule has 1 aromatic heterocycles. The molecule has 0 aliphatic carbocycles. The molecule has 0 unspecified atom stereocenters. The maximum Gasteiger partial charge on any atom is 0.262 e. The number of nitrogens with zero attached hydrogens (tertiary/aromatic N) is 4. The summed E-state index contributed by atoms with van der Waals surface area (Å²) in [7, 11) is 3.55. The maximum atomic E-state index is 12.8. The van der Waals surface area contributed by atoms with Crippen LogP contribution in [0, 0.1) is 0 Å². The van der Waals surface area contributed by atoms with E-state index in [0.29, 0.717) is 11.4 Å². The third-order valence-corrected chi connectivity index (χ3v) is 4.82. The summed E-state index contributed by atoms with van der Waals surface area (Å²) in [6.07, 6.45) is 2.55. The van der Waals surface area contributed by atoms with E-state index < -0.39 is 0 Å².